The second-order valence-corrected chi connectivity index (χ2v) is 9.95. The van der Waals surface area contributed by atoms with E-state index in [4.69, 9.17) is 0 Å². The largest absolute Gasteiger partial charge is 0.339 e. The van der Waals surface area contributed by atoms with E-state index >= 15 is 0 Å². The van der Waals surface area contributed by atoms with Gasteiger partial charge in [-0.05, 0) is 55.7 Å². The van der Waals surface area contributed by atoms with Crippen LogP contribution in [0.25, 0.3) is 0 Å². The maximum atomic E-state index is 13.1. The summed E-state index contributed by atoms with van der Waals surface area (Å²) in [6, 6.07) is 11.9. The molecule has 2 amide bonds. The average Bonchev–Trinajstić information content (AvgIpc) is 3.02. The lowest BCUT2D eigenvalue weighted by Gasteiger charge is -2.22. The Bertz CT molecular complexity index is 1070. The van der Waals surface area contributed by atoms with Crippen molar-refractivity contribution in [1.29, 1.82) is 0 Å². The smallest absolute Gasteiger partial charge is 0.255 e. The highest BCUT2D eigenvalue weighted by Gasteiger charge is 2.21. The molecule has 31 heavy (non-hydrogen) atoms. The summed E-state index contributed by atoms with van der Waals surface area (Å²) in [7, 11) is -1.92. The molecule has 0 spiro atoms. The Hall–Kier alpha value is -2.87. The SMILES string of the molecule is Cc1cc(C(=O)Nc2ccccc2C(=O)N2CCCCCC2)ccc1N(C)S(C)(=O)=O. The van der Waals surface area contributed by atoms with Crippen LogP contribution in [0.5, 0.6) is 0 Å². The summed E-state index contributed by atoms with van der Waals surface area (Å²) >= 11 is 0. The van der Waals surface area contributed by atoms with Crippen LogP contribution in [0.3, 0.4) is 0 Å². The van der Waals surface area contributed by atoms with Crippen molar-refractivity contribution >= 4 is 33.2 Å². The minimum absolute atomic E-state index is 0.0703. The second-order valence-electron chi connectivity index (χ2n) is 7.94. The molecule has 2 aromatic rings. The Balaban J connectivity index is 1.81. The zero-order valence-electron chi connectivity index (χ0n) is 18.2. The molecule has 1 aliphatic heterocycles. The normalized spacial score (nSPS) is 14.6. The molecule has 1 heterocycles. The van der Waals surface area contributed by atoms with Crippen LogP contribution < -0.4 is 9.62 Å². The first-order valence-corrected chi connectivity index (χ1v) is 12.3. The highest BCUT2D eigenvalue weighted by Crippen LogP contribution is 2.24. The van der Waals surface area contributed by atoms with E-state index in [1.54, 1.807) is 49.4 Å². The Kier molecular flexibility index (Phi) is 7.00. The number of likely N-dealkylation sites (tertiary alicyclic amines) is 1. The maximum Gasteiger partial charge on any atom is 0.255 e. The molecule has 1 aliphatic rings. The lowest BCUT2D eigenvalue weighted by Crippen LogP contribution is -2.32. The van der Waals surface area contributed by atoms with E-state index in [0.29, 0.717) is 28.1 Å². The Morgan fingerprint density at radius 1 is 1.00 bits per heavy atom. The van der Waals surface area contributed by atoms with Crippen molar-refractivity contribution in [1.82, 2.24) is 4.90 Å². The third-order valence-corrected chi connectivity index (χ3v) is 6.79. The molecule has 0 bridgehead atoms. The zero-order valence-corrected chi connectivity index (χ0v) is 19.0. The number of aryl methyl sites for hydroxylation is 1. The van der Waals surface area contributed by atoms with E-state index in [1.807, 2.05) is 4.90 Å². The molecule has 0 radical (unpaired) electrons. The van der Waals surface area contributed by atoms with Gasteiger partial charge in [-0.1, -0.05) is 25.0 Å². The van der Waals surface area contributed by atoms with Crippen LogP contribution in [0.15, 0.2) is 42.5 Å². The lowest BCUT2D eigenvalue weighted by atomic mass is 10.1. The summed E-state index contributed by atoms with van der Waals surface area (Å²) in [5.74, 6) is -0.424. The molecular weight excluding hydrogens is 414 g/mol. The molecule has 1 fully saturated rings. The number of sulfonamides is 1. The van der Waals surface area contributed by atoms with E-state index in [0.717, 1.165) is 45.0 Å². The number of benzene rings is 2. The minimum Gasteiger partial charge on any atom is -0.339 e. The van der Waals surface area contributed by atoms with Gasteiger partial charge < -0.3 is 10.2 Å². The van der Waals surface area contributed by atoms with Gasteiger partial charge in [0.25, 0.3) is 11.8 Å². The van der Waals surface area contributed by atoms with Crippen molar-refractivity contribution in [3.05, 3.63) is 59.2 Å². The van der Waals surface area contributed by atoms with E-state index in [-0.39, 0.29) is 11.8 Å². The fourth-order valence-electron chi connectivity index (χ4n) is 3.75. The Labute approximate surface area is 184 Å². The lowest BCUT2D eigenvalue weighted by molar-refractivity contribution is 0.0762. The standard InChI is InChI=1S/C23H29N3O4S/c1-17-16-18(12-13-21(17)25(2)31(3,29)30)22(27)24-20-11-7-6-10-19(20)23(28)26-14-8-4-5-9-15-26/h6-7,10-13,16H,4-5,8-9,14-15H2,1-3H3,(H,24,27). The number of nitrogens with one attached hydrogen (secondary N) is 1. The van der Waals surface area contributed by atoms with Gasteiger partial charge in [-0.2, -0.15) is 0 Å². The van der Waals surface area contributed by atoms with Gasteiger partial charge in [0.2, 0.25) is 10.0 Å². The molecule has 0 saturated carbocycles. The number of carbonyl (C=O) groups excluding carboxylic acids is 2. The van der Waals surface area contributed by atoms with Crippen molar-refractivity contribution < 1.29 is 18.0 Å². The fourth-order valence-corrected chi connectivity index (χ4v) is 4.31. The van der Waals surface area contributed by atoms with Crippen LogP contribution in [0.1, 0.15) is 52.0 Å². The van der Waals surface area contributed by atoms with E-state index in [2.05, 4.69) is 5.32 Å². The number of para-hydroxylation sites is 1. The third-order valence-electron chi connectivity index (χ3n) is 5.59. The number of anilines is 2. The van der Waals surface area contributed by atoms with Crippen LogP contribution in [0.2, 0.25) is 0 Å². The third kappa shape index (κ3) is 5.44. The Morgan fingerprint density at radius 3 is 2.26 bits per heavy atom. The van der Waals surface area contributed by atoms with Crippen molar-refractivity contribution in [2.45, 2.75) is 32.6 Å². The molecule has 0 aliphatic carbocycles. The van der Waals surface area contributed by atoms with Gasteiger partial charge in [-0.3, -0.25) is 13.9 Å². The van der Waals surface area contributed by atoms with Crippen molar-refractivity contribution in [2.24, 2.45) is 0 Å². The highest BCUT2D eigenvalue weighted by molar-refractivity contribution is 7.92. The second kappa shape index (κ2) is 9.51. The molecule has 2 aromatic carbocycles. The predicted octanol–water partition coefficient (Wildman–Crippen LogP) is 3.66. The Morgan fingerprint density at radius 2 is 1.65 bits per heavy atom. The van der Waals surface area contributed by atoms with Gasteiger partial charge in [-0.15, -0.1) is 0 Å². The first kappa shape index (κ1) is 22.8. The van der Waals surface area contributed by atoms with E-state index in [9.17, 15) is 18.0 Å². The number of carbonyl (C=O) groups is 2. The first-order valence-electron chi connectivity index (χ1n) is 10.4. The molecule has 7 nitrogen and oxygen atoms in total. The average molecular weight is 444 g/mol. The molecule has 166 valence electrons. The molecule has 0 unspecified atom stereocenters. The monoisotopic (exact) mass is 443 g/mol. The van der Waals surface area contributed by atoms with Gasteiger partial charge >= 0.3 is 0 Å². The molecule has 8 heteroatoms. The number of rotatable bonds is 5. The van der Waals surface area contributed by atoms with Crippen molar-refractivity contribution in [2.75, 3.05) is 36.0 Å². The van der Waals surface area contributed by atoms with Crippen LogP contribution in [-0.4, -0.2) is 51.5 Å². The summed E-state index contributed by atoms with van der Waals surface area (Å²) in [6.07, 6.45) is 5.38. The number of hydrogen-bond acceptors (Lipinski definition) is 4. The zero-order chi connectivity index (χ0) is 22.6. The van der Waals surface area contributed by atoms with Crippen LogP contribution >= 0.6 is 0 Å². The summed E-state index contributed by atoms with van der Waals surface area (Å²) in [4.78, 5) is 27.8. The van der Waals surface area contributed by atoms with Crippen molar-refractivity contribution in [3.63, 3.8) is 0 Å². The molecular formula is C23H29N3O4S. The topological polar surface area (TPSA) is 86.8 Å². The van der Waals surface area contributed by atoms with E-state index in [1.165, 1.54) is 11.4 Å². The van der Waals surface area contributed by atoms with Gasteiger partial charge in [0.1, 0.15) is 0 Å². The number of hydrogen-bond donors (Lipinski definition) is 1. The van der Waals surface area contributed by atoms with E-state index < -0.39 is 10.0 Å². The van der Waals surface area contributed by atoms with Gasteiger partial charge in [0.15, 0.2) is 0 Å². The van der Waals surface area contributed by atoms with Gasteiger partial charge in [0, 0.05) is 25.7 Å². The first-order chi connectivity index (χ1) is 14.7. The number of amides is 2. The van der Waals surface area contributed by atoms with Crippen molar-refractivity contribution in [3.8, 4) is 0 Å². The summed E-state index contributed by atoms with van der Waals surface area (Å²) in [6.45, 7) is 3.22. The van der Waals surface area contributed by atoms with Crippen LogP contribution in [-0.2, 0) is 10.0 Å². The van der Waals surface area contributed by atoms with Crippen LogP contribution in [0, 0.1) is 6.92 Å². The summed E-state index contributed by atoms with van der Waals surface area (Å²) in [5, 5.41) is 2.85. The molecule has 3 rings (SSSR count). The fraction of sp³-hybridized carbons (Fsp3) is 0.391. The van der Waals surface area contributed by atoms with Gasteiger partial charge in [0.05, 0.1) is 23.2 Å². The van der Waals surface area contributed by atoms with Crippen LogP contribution in [0.4, 0.5) is 11.4 Å². The quantitative estimate of drug-likeness (QED) is 0.764. The molecule has 0 aromatic heterocycles. The maximum absolute atomic E-state index is 13.1. The molecule has 0 atom stereocenters. The summed E-state index contributed by atoms with van der Waals surface area (Å²) in [5.41, 5.74) is 2.50. The molecule has 1 N–H and O–H groups in total. The molecule has 1 saturated heterocycles. The number of nitrogens with zero attached hydrogens (tertiary/aromatic N) is 2. The summed E-state index contributed by atoms with van der Waals surface area (Å²) < 4.78 is 24.8. The highest BCUT2D eigenvalue weighted by atomic mass is 32.2. The minimum atomic E-state index is -3.40. The van der Waals surface area contributed by atoms with Gasteiger partial charge in [-0.25, -0.2) is 8.42 Å². The predicted molar refractivity (Wildman–Crippen MR) is 123 cm³/mol.